The Balaban J connectivity index is 2.05. The van der Waals surface area contributed by atoms with Crippen molar-refractivity contribution >= 4 is 15.9 Å². The predicted octanol–water partition coefficient (Wildman–Crippen LogP) is 5.32. The summed E-state index contributed by atoms with van der Waals surface area (Å²) in [5, 5.41) is 0. The van der Waals surface area contributed by atoms with Crippen LogP contribution in [-0.2, 0) is 4.74 Å². The third-order valence-electron chi connectivity index (χ3n) is 4.70. The zero-order valence-corrected chi connectivity index (χ0v) is 13.7. The van der Waals surface area contributed by atoms with Gasteiger partial charge in [-0.1, -0.05) is 34.2 Å². The predicted molar refractivity (Wildman–Crippen MR) is 81.1 cm³/mol. The second kappa shape index (κ2) is 6.69. The van der Waals surface area contributed by atoms with Gasteiger partial charge in [0.05, 0.1) is 6.10 Å². The summed E-state index contributed by atoms with van der Waals surface area (Å²) in [7, 11) is 1.72. The number of alkyl halides is 2. The Hall–Kier alpha value is -0.220. The molecule has 2 aliphatic rings. The molecule has 2 rings (SSSR count). The molecule has 0 aliphatic heterocycles. The average molecular weight is 349 g/mol. The van der Waals surface area contributed by atoms with Gasteiger partial charge >= 0.3 is 0 Å². The molecule has 20 heavy (non-hydrogen) atoms. The summed E-state index contributed by atoms with van der Waals surface area (Å²) < 4.78 is 33.2. The van der Waals surface area contributed by atoms with Crippen molar-refractivity contribution in [2.24, 2.45) is 17.8 Å². The molecule has 0 amide bonds. The van der Waals surface area contributed by atoms with Crippen LogP contribution in [-0.4, -0.2) is 19.1 Å². The van der Waals surface area contributed by atoms with Crippen LogP contribution in [0.15, 0.2) is 22.7 Å². The molecule has 1 nitrogen and oxygen atoms in total. The maximum absolute atomic E-state index is 13.3. The summed E-state index contributed by atoms with van der Waals surface area (Å²) in [5.41, 5.74) is 0. The highest BCUT2D eigenvalue weighted by molar-refractivity contribution is 9.11. The van der Waals surface area contributed by atoms with Crippen molar-refractivity contribution in [1.29, 1.82) is 0 Å². The van der Waals surface area contributed by atoms with Crippen LogP contribution in [0.3, 0.4) is 0 Å². The molecule has 0 spiro atoms. The van der Waals surface area contributed by atoms with Gasteiger partial charge in [-0.3, -0.25) is 0 Å². The molecular weight excluding hydrogens is 326 g/mol. The topological polar surface area (TPSA) is 9.23 Å². The summed E-state index contributed by atoms with van der Waals surface area (Å²) in [4.78, 5) is 0. The van der Waals surface area contributed by atoms with Crippen molar-refractivity contribution in [2.75, 3.05) is 7.11 Å². The van der Waals surface area contributed by atoms with Crippen LogP contribution in [0, 0.1) is 17.8 Å². The molecule has 0 aromatic rings. The van der Waals surface area contributed by atoms with E-state index in [1.54, 1.807) is 7.11 Å². The molecule has 0 bridgehead atoms. The van der Waals surface area contributed by atoms with Gasteiger partial charge < -0.3 is 4.74 Å². The number of hydrogen-bond donors (Lipinski definition) is 0. The van der Waals surface area contributed by atoms with Crippen LogP contribution in [0.5, 0.6) is 0 Å². The first-order chi connectivity index (χ1) is 9.43. The standard InChI is InChI=1S/C16H23BrF2O/c1-11(20-2)10-14-13(4-3-5-15(14)17)12-6-8-16(18,19)9-7-12/h3-5,11-14H,6-10H2,1-2H3/t11?,13?,14-/m0/s1. The number of hydrogen-bond acceptors (Lipinski definition) is 1. The Kier molecular flexibility index (Phi) is 5.41. The van der Waals surface area contributed by atoms with E-state index in [9.17, 15) is 8.78 Å². The van der Waals surface area contributed by atoms with Crippen molar-refractivity contribution in [2.45, 2.75) is 51.1 Å². The summed E-state index contributed by atoms with van der Waals surface area (Å²) in [6.45, 7) is 2.06. The van der Waals surface area contributed by atoms with Crippen molar-refractivity contribution in [3.05, 3.63) is 22.7 Å². The van der Waals surface area contributed by atoms with Gasteiger partial charge in [0.15, 0.2) is 0 Å². The van der Waals surface area contributed by atoms with Gasteiger partial charge in [0, 0.05) is 20.0 Å². The molecule has 0 heterocycles. The van der Waals surface area contributed by atoms with E-state index in [1.165, 1.54) is 4.48 Å². The maximum atomic E-state index is 13.3. The highest BCUT2D eigenvalue weighted by atomic mass is 79.9. The average Bonchev–Trinajstić information content (AvgIpc) is 2.41. The van der Waals surface area contributed by atoms with E-state index in [4.69, 9.17) is 4.74 Å². The van der Waals surface area contributed by atoms with E-state index in [0.717, 1.165) is 6.42 Å². The van der Waals surface area contributed by atoms with Crippen LogP contribution in [0.25, 0.3) is 0 Å². The van der Waals surface area contributed by atoms with E-state index in [2.05, 4.69) is 41.1 Å². The monoisotopic (exact) mass is 348 g/mol. The largest absolute Gasteiger partial charge is 0.382 e. The SMILES string of the molecule is COC(C)C[C@@H]1C(Br)=CC=CC1C1CCC(F)(F)CC1. The minimum absolute atomic E-state index is 0.0376. The smallest absolute Gasteiger partial charge is 0.248 e. The Labute approximate surface area is 128 Å². The Morgan fingerprint density at radius 2 is 2.05 bits per heavy atom. The quantitative estimate of drug-likeness (QED) is 0.668. The zero-order chi connectivity index (χ0) is 14.8. The molecule has 0 radical (unpaired) electrons. The molecule has 4 heteroatoms. The lowest BCUT2D eigenvalue weighted by Crippen LogP contribution is -2.33. The van der Waals surface area contributed by atoms with Crippen molar-refractivity contribution < 1.29 is 13.5 Å². The molecule has 3 atom stereocenters. The molecule has 114 valence electrons. The molecular formula is C16H23BrF2O. The second-order valence-electron chi connectivity index (χ2n) is 6.10. The molecule has 0 saturated heterocycles. The first-order valence-corrected chi connectivity index (χ1v) is 8.17. The van der Waals surface area contributed by atoms with Crippen LogP contribution in [0.4, 0.5) is 8.78 Å². The number of allylic oxidation sites excluding steroid dienone is 4. The van der Waals surface area contributed by atoms with Gasteiger partial charge in [0.1, 0.15) is 0 Å². The van der Waals surface area contributed by atoms with E-state index >= 15 is 0 Å². The molecule has 1 fully saturated rings. The summed E-state index contributed by atoms with van der Waals surface area (Å²) in [6.07, 6.45) is 8.75. The van der Waals surface area contributed by atoms with Gasteiger partial charge in [0.2, 0.25) is 5.92 Å². The van der Waals surface area contributed by atoms with E-state index in [-0.39, 0.29) is 18.9 Å². The molecule has 0 N–H and O–H groups in total. The summed E-state index contributed by atoms with van der Waals surface area (Å²) in [6, 6.07) is 0. The van der Waals surface area contributed by atoms with Gasteiger partial charge in [0.25, 0.3) is 0 Å². The molecule has 0 aromatic heterocycles. The highest BCUT2D eigenvalue weighted by Gasteiger charge is 2.40. The first kappa shape index (κ1) is 16.2. The minimum atomic E-state index is -2.45. The lowest BCUT2D eigenvalue weighted by Gasteiger charge is -2.38. The van der Waals surface area contributed by atoms with Gasteiger partial charge in [-0.05, 0) is 48.4 Å². The zero-order valence-electron chi connectivity index (χ0n) is 12.1. The minimum Gasteiger partial charge on any atom is -0.382 e. The molecule has 2 aliphatic carbocycles. The number of rotatable bonds is 4. The molecule has 0 aromatic carbocycles. The summed E-state index contributed by atoms with van der Waals surface area (Å²) >= 11 is 3.65. The van der Waals surface area contributed by atoms with Crippen LogP contribution in [0.2, 0.25) is 0 Å². The fourth-order valence-electron chi connectivity index (χ4n) is 3.37. The Bertz CT molecular complexity index is 382. The normalized spacial score (nSPS) is 31.9. The van der Waals surface area contributed by atoms with Crippen LogP contribution in [0.1, 0.15) is 39.0 Å². The van der Waals surface area contributed by atoms with Crippen LogP contribution < -0.4 is 0 Å². The number of ether oxygens (including phenoxy) is 1. The van der Waals surface area contributed by atoms with Crippen LogP contribution >= 0.6 is 15.9 Å². The van der Waals surface area contributed by atoms with Crippen molar-refractivity contribution in [1.82, 2.24) is 0 Å². The maximum Gasteiger partial charge on any atom is 0.248 e. The Morgan fingerprint density at radius 3 is 2.65 bits per heavy atom. The molecule has 1 saturated carbocycles. The van der Waals surface area contributed by atoms with Crippen molar-refractivity contribution in [3.63, 3.8) is 0 Å². The van der Waals surface area contributed by atoms with E-state index in [0.29, 0.717) is 30.6 Å². The second-order valence-corrected chi connectivity index (χ2v) is 7.01. The number of halogens is 3. The lowest BCUT2D eigenvalue weighted by atomic mass is 9.70. The van der Waals surface area contributed by atoms with Gasteiger partial charge in [-0.2, -0.15) is 0 Å². The third-order valence-corrected chi connectivity index (χ3v) is 5.55. The van der Waals surface area contributed by atoms with Gasteiger partial charge in [-0.25, -0.2) is 8.78 Å². The van der Waals surface area contributed by atoms with E-state index < -0.39 is 5.92 Å². The lowest BCUT2D eigenvalue weighted by molar-refractivity contribution is -0.0528. The van der Waals surface area contributed by atoms with Crippen molar-refractivity contribution in [3.8, 4) is 0 Å². The van der Waals surface area contributed by atoms with Gasteiger partial charge in [-0.15, -0.1) is 0 Å². The molecule has 2 unspecified atom stereocenters. The van der Waals surface area contributed by atoms with E-state index in [1.807, 2.05) is 0 Å². The summed E-state index contributed by atoms with van der Waals surface area (Å²) in [5.74, 6) is -1.38. The fraction of sp³-hybridized carbons (Fsp3) is 0.750. The first-order valence-electron chi connectivity index (χ1n) is 7.37. The highest BCUT2D eigenvalue weighted by Crippen LogP contribution is 2.46. The Morgan fingerprint density at radius 1 is 1.40 bits per heavy atom. The fourth-order valence-corrected chi connectivity index (χ4v) is 4.02. The number of methoxy groups -OCH3 is 1. The third kappa shape index (κ3) is 3.91.